The summed E-state index contributed by atoms with van der Waals surface area (Å²) in [5, 5.41) is 2.81. The minimum atomic E-state index is -3.63. The zero-order chi connectivity index (χ0) is 22.6. The van der Waals surface area contributed by atoms with Gasteiger partial charge in [0.25, 0.3) is 0 Å². The van der Waals surface area contributed by atoms with Crippen LogP contribution in [0.1, 0.15) is 37.7 Å². The van der Waals surface area contributed by atoms with Crippen LogP contribution in [0.4, 0.5) is 5.69 Å². The first-order valence-electron chi connectivity index (χ1n) is 10.8. The zero-order valence-electron chi connectivity index (χ0n) is 18.1. The number of benzene rings is 2. The van der Waals surface area contributed by atoms with Gasteiger partial charge in [-0.05, 0) is 55.2 Å². The summed E-state index contributed by atoms with van der Waals surface area (Å²) in [5.74, 6) is 1.56. The van der Waals surface area contributed by atoms with E-state index in [1.54, 1.807) is 6.07 Å². The SMILES string of the molecule is COc1ccc(S(=O)(=O)N2CCCCCC2)cc1NC(=O)CCc1ccc2c(c1)OCO2. The number of hydrogen-bond acceptors (Lipinski definition) is 6. The van der Waals surface area contributed by atoms with Gasteiger partial charge in [-0.3, -0.25) is 4.79 Å². The Morgan fingerprint density at radius 3 is 2.53 bits per heavy atom. The number of aryl methyl sites for hydroxylation is 1. The molecule has 172 valence electrons. The van der Waals surface area contributed by atoms with Gasteiger partial charge >= 0.3 is 0 Å². The number of nitrogens with one attached hydrogen (secondary N) is 1. The molecule has 0 atom stereocenters. The number of ether oxygens (including phenoxy) is 3. The third-order valence-corrected chi connectivity index (χ3v) is 7.62. The van der Waals surface area contributed by atoms with Crippen LogP contribution in [0.2, 0.25) is 0 Å². The molecule has 0 aromatic heterocycles. The number of carbonyl (C=O) groups excluding carboxylic acids is 1. The fourth-order valence-corrected chi connectivity index (χ4v) is 5.49. The summed E-state index contributed by atoms with van der Waals surface area (Å²) >= 11 is 0. The Kier molecular flexibility index (Phi) is 6.86. The molecule has 1 fully saturated rings. The molecule has 0 radical (unpaired) electrons. The van der Waals surface area contributed by atoms with Crippen LogP contribution in [0, 0.1) is 0 Å². The maximum absolute atomic E-state index is 13.1. The van der Waals surface area contributed by atoms with Gasteiger partial charge in [0, 0.05) is 19.5 Å². The van der Waals surface area contributed by atoms with Crippen LogP contribution in [0.15, 0.2) is 41.3 Å². The summed E-state index contributed by atoms with van der Waals surface area (Å²) in [4.78, 5) is 12.8. The number of anilines is 1. The van der Waals surface area contributed by atoms with Crippen molar-refractivity contribution in [2.24, 2.45) is 0 Å². The highest BCUT2D eigenvalue weighted by Gasteiger charge is 2.26. The van der Waals surface area contributed by atoms with E-state index in [-0.39, 0.29) is 24.0 Å². The molecule has 2 aliphatic rings. The van der Waals surface area contributed by atoms with Crippen molar-refractivity contribution in [3.63, 3.8) is 0 Å². The quantitative estimate of drug-likeness (QED) is 0.679. The largest absolute Gasteiger partial charge is 0.495 e. The van der Waals surface area contributed by atoms with Crippen LogP contribution < -0.4 is 19.5 Å². The molecule has 2 aliphatic heterocycles. The predicted molar refractivity (Wildman–Crippen MR) is 120 cm³/mol. The topological polar surface area (TPSA) is 94.2 Å². The molecule has 32 heavy (non-hydrogen) atoms. The molecule has 0 aliphatic carbocycles. The number of fused-ring (bicyclic) bond motifs is 1. The van der Waals surface area contributed by atoms with E-state index in [4.69, 9.17) is 14.2 Å². The molecule has 2 aromatic rings. The fourth-order valence-electron chi connectivity index (χ4n) is 3.94. The molecule has 0 unspecified atom stereocenters. The minimum absolute atomic E-state index is 0.159. The lowest BCUT2D eigenvalue weighted by molar-refractivity contribution is -0.116. The predicted octanol–water partition coefficient (Wildman–Crippen LogP) is 3.56. The Morgan fingerprint density at radius 1 is 1.03 bits per heavy atom. The molecule has 9 heteroatoms. The molecule has 0 saturated carbocycles. The molecular weight excluding hydrogens is 432 g/mol. The highest BCUT2D eigenvalue weighted by Crippen LogP contribution is 2.33. The summed E-state index contributed by atoms with van der Waals surface area (Å²) in [6.07, 6.45) is 4.54. The van der Waals surface area contributed by atoms with Gasteiger partial charge in [-0.15, -0.1) is 0 Å². The van der Waals surface area contributed by atoms with Crippen molar-refractivity contribution in [1.29, 1.82) is 0 Å². The highest BCUT2D eigenvalue weighted by atomic mass is 32.2. The van der Waals surface area contributed by atoms with Gasteiger partial charge in [0.05, 0.1) is 17.7 Å². The van der Waals surface area contributed by atoms with Crippen LogP contribution >= 0.6 is 0 Å². The van der Waals surface area contributed by atoms with Crippen molar-refractivity contribution in [3.05, 3.63) is 42.0 Å². The minimum Gasteiger partial charge on any atom is -0.495 e. The van der Waals surface area contributed by atoms with Crippen molar-refractivity contribution in [1.82, 2.24) is 4.31 Å². The van der Waals surface area contributed by atoms with E-state index >= 15 is 0 Å². The smallest absolute Gasteiger partial charge is 0.243 e. The second-order valence-corrected chi connectivity index (χ2v) is 9.85. The number of carbonyl (C=O) groups is 1. The molecule has 2 heterocycles. The van der Waals surface area contributed by atoms with E-state index in [9.17, 15) is 13.2 Å². The Balaban J connectivity index is 1.45. The first-order chi connectivity index (χ1) is 15.5. The second kappa shape index (κ2) is 9.79. The second-order valence-electron chi connectivity index (χ2n) is 7.92. The molecule has 2 aromatic carbocycles. The van der Waals surface area contributed by atoms with E-state index < -0.39 is 10.0 Å². The van der Waals surface area contributed by atoms with E-state index in [0.29, 0.717) is 42.4 Å². The van der Waals surface area contributed by atoms with Crippen LogP contribution in [0.5, 0.6) is 17.2 Å². The molecular formula is C23H28N2O6S. The van der Waals surface area contributed by atoms with Crippen LogP contribution in [-0.4, -0.2) is 45.6 Å². The monoisotopic (exact) mass is 460 g/mol. The van der Waals surface area contributed by atoms with E-state index in [1.165, 1.54) is 23.5 Å². The first kappa shape index (κ1) is 22.4. The third kappa shape index (κ3) is 4.99. The van der Waals surface area contributed by atoms with Gasteiger partial charge in [-0.1, -0.05) is 18.9 Å². The highest BCUT2D eigenvalue weighted by molar-refractivity contribution is 7.89. The molecule has 1 amide bonds. The van der Waals surface area contributed by atoms with Gasteiger partial charge in [-0.25, -0.2) is 8.42 Å². The maximum atomic E-state index is 13.1. The number of rotatable bonds is 7. The van der Waals surface area contributed by atoms with Crippen molar-refractivity contribution in [2.45, 2.75) is 43.4 Å². The summed E-state index contributed by atoms with van der Waals surface area (Å²) in [6, 6.07) is 10.2. The average molecular weight is 461 g/mol. The van der Waals surface area contributed by atoms with Crippen molar-refractivity contribution >= 4 is 21.6 Å². The summed E-state index contributed by atoms with van der Waals surface area (Å²) < 4.78 is 43.8. The summed E-state index contributed by atoms with van der Waals surface area (Å²) in [5.41, 5.74) is 1.30. The third-order valence-electron chi connectivity index (χ3n) is 5.73. The van der Waals surface area contributed by atoms with Crippen molar-refractivity contribution < 1.29 is 27.4 Å². The number of methoxy groups -OCH3 is 1. The number of sulfonamides is 1. The van der Waals surface area contributed by atoms with Gasteiger partial charge in [0.2, 0.25) is 22.7 Å². The maximum Gasteiger partial charge on any atom is 0.243 e. The molecule has 0 spiro atoms. The lowest BCUT2D eigenvalue weighted by atomic mass is 10.1. The lowest BCUT2D eigenvalue weighted by Gasteiger charge is -2.21. The van der Waals surface area contributed by atoms with Crippen molar-refractivity contribution in [2.75, 3.05) is 32.3 Å². The van der Waals surface area contributed by atoms with Gasteiger partial charge in [0.15, 0.2) is 11.5 Å². The van der Waals surface area contributed by atoms with Gasteiger partial charge in [-0.2, -0.15) is 4.31 Å². The number of nitrogens with zero attached hydrogens (tertiary/aromatic N) is 1. The Morgan fingerprint density at radius 2 is 1.78 bits per heavy atom. The number of amides is 1. The average Bonchev–Trinajstić information content (AvgIpc) is 3.08. The van der Waals surface area contributed by atoms with Gasteiger partial charge in [0.1, 0.15) is 5.75 Å². The summed E-state index contributed by atoms with van der Waals surface area (Å²) in [7, 11) is -2.14. The first-order valence-corrected chi connectivity index (χ1v) is 12.3. The fraction of sp³-hybridized carbons (Fsp3) is 0.435. The molecule has 8 nitrogen and oxygen atoms in total. The zero-order valence-corrected chi connectivity index (χ0v) is 18.9. The van der Waals surface area contributed by atoms with Crippen molar-refractivity contribution in [3.8, 4) is 17.2 Å². The molecule has 1 saturated heterocycles. The standard InChI is InChI=1S/C23H28N2O6S/c1-29-20-10-8-18(32(27,28)25-12-4-2-3-5-13-25)15-19(20)24-23(26)11-7-17-6-9-21-22(14-17)31-16-30-21/h6,8-10,14-15H,2-5,7,11-13,16H2,1H3,(H,24,26). The van der Waals surface area contributed by atoms with E-state index in [2.05, 4.69) is 5.32 Å². The Hall–Kier alpha value is -2.78. The van der Waals surface area contributed by atoms with Crippen LogP contribution in [-0.2, 0) is 21.2 Å². The van der Waals surface area contributed by atoms with E-state index in [0.717, 1.165) is 31.2 Å². The normalized spacial score (nSPS) is 16.4. The lowest BCUT2D eigenvalue weighted by Crippen LogP contribution is -2.32. The number of hydrogen-bond donors (Lipinski definition) is 1. The molecule has 1 N–H and O–H groups in total. The Bertz CT molecular complexity index is 1080. The molecule has 0 bridgehead atoms. The Labute approximate surface area is 188 Å². The summed E-state index contributed by atoms with van der Waals surface area (Å²) in [6.45, 7) is 1.24. The molecule has 4 rings (SSSR count). The van der Waals surface area contributed by atoms with Crippen LogP contribution in [0.3, 0.4) is 0 Å². The van der Waals surface area contributed by atoms with Gasteiger partial charge < -0.3 is 19.5 Å². The van der Waals surface area contributed by atoms with Crippen LogP contribution in [0.25, 0.3) is 0 Å². The van der Waals surface area contributed by atoms with E-state index in [1.807, 2.05) is 18.2 Å².